The van der Waals surface area contributed by atoms with Crippen molar-refractivity contribution in [3.05, 3.63) is 0 Å². The van der Waals surface area contributed by atoms with Gasteiger partial charge in [0.05, 0.1) is 23.9 Å². The van der Waals surface area contributed by atoms with Gasteiger partial charge in [-0.15, -0.1) is 0 Å². The first-order valence-corrected chi connectivity index (χ1v) is 14.6. The monoisotopic (exact) mass is 569 g/mol. The lowest BCUT2D eigenvalue weighted by Gasteiger charge is -2.44. The van der Waals surface area contributed by atoms with Crippen molar-refractivity contribution in [2.24, 2.45) is 23.7 Å². The number of nitrogens with one attached hydrogen (secondary N) is 1. The lowest BCUT2D eigenvalue weighted by molar-refractivity contribution is -0.290. The number of rotatable bonds is 5. The topological polar surface area (TPSA) is 139 Å². The van der Waals surface area contributed by atoms with Crippen molar-refractivity contribution >= 4 is 17.9 Å². The lowest BCUT2D eigenvalue weighted by Crippen LogP contribution is -2.58. The highest BCUT2D eigenvalue weighted by Gasteiger charge is 2.61. The Hall–Kier alpha value is -1.79. The molecule has 40 heavy (non-hydrogen) atoms. The van der Waals surface area contributed by atoms with Crippen LogP contribution in [0, 0.1) is 23.7 Å². The number of ketones is 1. The van der Waals surface area contributed by atoms with Gasteiger partial charge < -0.3 is 38.8 Å². The van der Waals surface area contributed by atoms with E-state index in [1.165, 1.54) is 6.92 Å². The maximum Gasteiger partial charge on any atom is 0.509 e. The molecule has 0 aliphatic carbocycles. The fourth-order valence-electron chi connectivity index (χ4n) is 7.47. The zero-order chi connectivity index (χ0) is 29.7. The molecule has 11 heteroatoms. The van der Waals surface area contributed by atoms with E-state index >= 15 is 0 Å². The van der Waals surface area contributed by atoms with Crippen molar-refractivity contribution in [2.45, 2.75) is 135 Å². The molecule has 228 valence electrons. The van der Waals surface area contributed by atoms with E-state index in [1.807, 2.05) is 34.6 Å². The van der Waals surface area contributed by atoms with Crippen LogP contribution in [0.3, 0.4) is 0 Å². The molecular weight excluding hydrogens is 522 g/mol. The highest BCUT2D eigenvalue weighted by Crippen LogP contribution is 2.48. The predicted molar refractivity (Wildman–Crippen MR) is 142 cm³/mol. The van der Waals surface area contributed by atoms with E-state index in [2.05, 4.69) is 5.32 Å². The second-order valence-corrected chi connectivity index (χ2v) is 12.7. The summed E-state index contributed by atoms with van der Waals surface area (Å²) in [7, 11) is 1.77. The minimum absolute atomic E-state index is 0.0191. The van der Waals surface area contributed by atoms with E-state index in [0.29, 0.717) is 19.3 Å². The molecule has 14 atom stereocenters. The van der Waals surface area contributed by atoms with Crippen LogP contribution in [0.15, 0.2) is 0 Å². The van der Waals surface area contributed by atoms with Crippen molar-refractivity contribution in [2.75, 3.05) is 7.05 Å². The Morgan fingerprint density at radius 3 is 2.38 bits per heavy atom. The van der Waals surface area contributed by atoms with Gasteiger partial charge in [-0.2, -0.15) is 0 Å². The van der Waals surface area contributed by atoms with Crippen molar-refractivity contribution in [1.29, 1.82) is 0 Å². The average Bonchev–Trinajstić information content (AvgIpc) is 3.38. The Balaban J connectivity index is 1.73. The zero-order valence-corrected chi connectivity index (χ0v) is 25.2. The first-order chi connectivity index (χ1) is 18.7. The number of cyclic esters (lactones) is 3. The average molecular weight is 570 g/mol. The largest absolute Gasteiger partial charge is 0.509 e. The number of Topliss-reactive ketones (excluding diaryl/α,β-unsaturated/α-hetero) is 1. The van der Waals surface area contributed by atoms with Crippen LogP contribution in [0.4, 0.5) is 4.79 Å². The normalized spacial score (nSPS) is 50.1. The zero-order valence-electron chi connectivity index (χ0n) is 25.2. The molecule has 4 rings (SSSR count). The number of aliphatic hydroxyl groups excluding tert-OH is 1. The molecular formula is C29H47NO10. The lowest BCUT2D eigenvalue weighted by atomic mass is 9.76. The van der Waals surface area contributed by atoms with Gasteiger partial charge in [0, 0.05) is 17.9 Å². The van der Waals surface area contributed by atoms with Crippen LogP contribution < -0.4 is 5.32 Å². The van der Waals surface area contributed by atoms with Crippen LogP contribution >= 0.6 is 0 Å². The molecule has 4 aliphatic heterocycles. The number of fused-ring (bicyclic) bond motifs is 2. The molecule has 0 radical (unpaired) electrons. The third kappa shape index (κ3) is 5.40. The van der Waals surface area contributed by atoms with E-state index in [4.69, 9.17) is 28.4 Å². The minimum atomic E-state index is -1.26. The molecule has 4 aliphatic rings. The van der Waals surface area contributed by atoms with Gasteiger partial charge in [-0.05, 0) is 59.9 Å². The standard InChI is InChI=1S/C29H47NO10/c1-10-19-29(8,40-27(34)36-19)24-17(6)22-13(2)12-28(7,39-22)23(15(4)20(31)16(5)25(33)37-24)38-26-21(32)18(30-9)11-14(3)35-26/h13-19,21-24,26,30,32H,10-12H2,1-9H3/t13?,14?,15-,16+,17-,18?,19+,21?,22?,23+,24+,26?,28+,29+/m0/s1. The van der Waals surface area contributed by atoms with E-state index in [0.717, 1.165) is 0 Å². The minimum Gasteiger partial charge on any atom is -0.457 e. The van der Waals surface area contributed by atoms with E-state index in [-0.39, 0.29) is 23.8 Å². The first-order valence-electron chi connectivity index (χ1n) is 14.6. The highest BCUT2D eigenvalue weighted by atomic mass is 16.8. The maximum atomic E-state index is 13.8. The Morgan fingerprint density at radius 2 is 1.75 bits per heavy atom. The van der Waals surface area contributed by atoms with Gasteiger partial charge in [-0.25, -0.2) is 4.79 Å². The van der Waals surface area contributed by atoms with Crippen molar-refractivity contribution < 1.29 is 47.9 Å². The summed E-state index contributed by atoms with van der Waals surface area (Å²) in [5.74, 6) is -3.41. The fourth-order valence-corrected chi connectivity index (χ4v) is 7.47. The van der Waals surface area contributed by atoms with Crippen LogP contribution in [0.2, 0.25) is 0 Å². The molecule has 4 heterocycles. The van der Waals surface area contributed by atoms with Crippen LogP contribution in [0.1, 0.15) is 74.7 Å². The smallest absolute Gasteiger partial charge is 0.457 e. The fraction of sp³-hybridized carbons (Fsp3) is 0.897. The summed E-state index contributed by atoms with van der Waals surface area (Å²) < 4.78 is 36.5. The molecule has 4 fully saturated rings. The Labute approximate surface area is 236 Å². The Bertz CT molecular complexity index is 976. The summed E-state index contributed by atoms with van der Waals surface area (Å²) in [4.78, 5) is 39.5. The molecule has 2 N–H and O–H groups in total. The van der Waals surface area contributed by atoms with E-state index in [1.54, 1.807) is 20.9 Å². The number of likely N-dealkylation sites (N-methyl/N-ethyl adjacent to an activating group) is 1. The summed E-state index contributed by atoms with van der Waals surface area (Å²) in [5.41, 5.74) is -2.21. The van der Waals surface area contributed by atoms with E-state index in [9.17, 15) is 19.5 Å². The van der Waals surface area contributed by atoms with Gasteiger partial charge in [-0.3, -0.25) is 9.59 Å². The molecule has 0 aromatic heterocycles. The second kappa shape index (κ2) is 11.5. The number of carbonyl (C=O) groups is 3. The Morgan fingerprint density at radius 1 is 1.07 bits per heavy atom. The number of hydrogen-bond acceptors (Lipinski definition) is 11. The summed E-state index contributed by atoms with van der Waals surface area (Å²) in [6, 6.07) is -0.246. The summed E-state index contributed by atoms with van der Waals surface area (Å²) >= 11 is 0. The molecule has 11 nitrogen and oxygen atoms in total. The predicted octanol–water partition coefficient (Wildman–Crippen LogP) is 2.75. The molecule has 0 saturated carbocycles. The van der Waals surface area contributed by atoms with Gasteiger partial charge in [0.1, 0.15) is 24.2 Å². The molecule has 0 aromatic rings. The molecule has 2 bridgehead atoms. The summed E-state index contributed by atoms with van der Waals surface area (Å²) in [5, 5.41) is 14.2. The van der Waals surface area contributed by atoms with Gasteiger partial charge in [0.2, 0.25) is 0 Å². The van der Waals surface area contributed by atoms with Crippen molar-refractivity contribution in [3.8, 4) is 0 Å². The quantitative estimate of drug-likeness (QED) is 0.373. The van der Waals surface area contributed by atoms with E-state index < -0.39 is 77.9 Å². The summed E-state index contributed by atoms with van der Waals surface area (Å²) in [6.45, 7) is 14.6. The second-order valence-electron chi connectivity index (χ2n) is 12.7. The van der Waals surface area contributed by atoms with Gasteiger partial charge >= 0.3 is 12.1 Å². The number of aliphatic hydroxyl groups is 1. The molecule has 0 amide bonds. The molecule has 0 aromatic carbocycles. The van der Waals surface area contributed by atoms with Crippen molar-refractivity contribution in [3.63, 3.8) is 0 Å². The number of carbonyl (C=O) groups excluding carboxylic acids is 3. The van der Waals surface area contributed by atoms with Crippen LogP contribution in [-0.4, -0.2) is 90.2 Å². The summed E-state index contributed by atoms with van der Waals surface area (Å²) in [6.07, 6.45) is -4.13. The Kier molecular flexibility index (Phi) is 8.94. The van der Waals surface area contributed by atoms with Crippen LogP contribution in [-0.2, 0) is 38.0 Å². The number of hydrogen-bond donors (Lipinski definition) is 2. The van der Waals surface area contributed by atoms with Crippen molar-refractivity contribution in [1.82, 2.24) is 5.32 Å². The molecule has 0 spiro atoms. The van der Waals surface area contributed by atoms with Gasteiger partial charge in [-0.1, -0.05) is 27.7 Å². The van der Waals surface area contributed by atoms with Crippen LogP contribution in [0.25, 0.3) is 0 Å². The SMILES string of the molecule is CC[C@H]1OC(=O)O[C@@]1(C)[C@@H]1OC(=O)[C@H](C)C(=O)[C@H](C)[C@@H](OC2OC(C)CC(NC)C2O)[C@@]2(C)CC(C)C(O2)[C@@H]1C. The van der Waals surface area contributed by atoms with Gasteiger partial charge in [0.15, 0.2) is 17.7 Å². The highest BCUT2D eigenvalue weighted by molar-refractivity contribution is 6.00. The maximum absolute atomic E-state index is 13.8. The third-order valence-electron chi connectivity index (χ3n) is 9.63. The van der Waals surface area contributed by atoms with Gasteiger partial charge in [0.25, 0.3) is 0 Å². The van der Waals surface area contributed by atoms with Crippen LogP contribution in [0.5, 0.6) is 0 Å². The first kappa shape index (κ1) is 31.2. The molecule has 6 unspecified atom stereocenters. The number of esters is 1. The third-order valence-corrected chi connectivity index (χ3v) is 9.63. The number of ether oxygens (including phenoxy) is 6. The molecule has 4 saturated heterocycles.